The lowest BCUT2D eigenvalue weighted by atomic mass is 9.95. The van der Waals surface area contributed by atoms with Crippen molar-refractivity contribution in [3.05, 3.63) is 133 Å². The van der Waals surface area contributed by atoms with Crippen LogP contribution in [-0.2, 0) is 14.3 Å². The van der Waals surface area contributed by atoms with Crippen molar-refractivity contribution in [3.8, 4) is 22.7 Å². The molecule has 0 fully saturated rings. The average molecular weight is 677 g/mol. The van der Waals surface area contributed by atoms with E-state index in [0.717, 1.165) is 22.6 Å². The molecule has 0 aliphatic carbocycles. The molecule has 1 aliphatic heterocycles. The standard InChI is InChI=1S/C38H36N4O6S/c1-22(2)47-30-18-16-25(17-19-30)33-28(21-41(40-33)29-10-8-7-9-11-29)20-31-35(43)42-34(26-12-14-27(15-13-26)36(44)46-6)32(37(45)48-23(3)4)24(5)39-38(42)49-31/h7-23,34H,1-6H3. The zero-order valence-electron chi connectivity index (χ0n) is 28.0. The molecule has 3 heterocycles. The van der Waals surface area contributed by atoms with Crippen LogP contribution in [0.3, 0.4) is 0 Å². The molecule has 2 aromatic heterocycles. The first-order chi connectivity index (χ1) is 23.5. The van der Waals surface area contributed by atoms with Crippen LogP contribution in [0.4, 0.5) is 0 Å². The van der Waals surface area contributed by atoms with Crippen LogP contribution in [0.5, 0.6) is 5.75 Å². The number of thiazole rings is 1. The van der Waals surface area contributed by atoms with Gasteiger partial charge >= 0.3 is 11.9 Å². The van der Waals surface area contributed by atoms with Gasteiger partial charge in [0.25, 0.3) is 5.56 Å². The summed E-state index contributed by atoms with van der Waals surface area (Å²) >= 11 is 1.23. The van der Waals surface area contributed by atoms with Crippen LogP contribution in [-0.4, -0.2) is 45.6 Å². The van der Waals surface area contributed by atoms with Crippen molar-refractivity contribution in [2.75, 3.05) is 7.11 Å². The van der Waals surface area contributed by atoms with Crippen molar-refractivity contribution in [2.45, 2.75) is 52.9 Å². The highest BCUT2D eigenvalue weighted by molar-refractivity contribution is 7.07. The molecule has 11 heteroatoms. The van der Waals surface area contributed by atoms with E-state index in [1.807, 2.05) is 80.7 Å². The molecule has 10 nitrogen and oxygen atoms in total. The summed E-state index contributed by atoms with van der Waals surface area (Å²) in [6.07, 6.45) is 3.36. The molecule has 0 radical (unpaired) electrons. The molecular weight excluding hydrogens is 641 g/mol. The highest BCUT2D eigenvalue weighted by Crippen LogP contribution is 2.32. The van der Waals surface area contributed by atoms with Crippen molar-refractivity contribution in [1.82, 2.24) is 14.3 Å². The molecule has 0 spiro atoms. The molecule has 1 unspecified atom stereocenters. The number of benzene rings is 3. The predicted octanol–water partition coefficient (Wildman–Crippen LogP) is 5.61. The number of carbonyl (C=O) groups is 2. The number of allylic oxidation sites excluding steroid dienone is 1. The van der Waals surface area contributed by atoms with E-state index in [2.05, 4.69) is 0 Å². The molecule has 5 aromatic rings. The van der Waals surface area contributed by atoms with Gasteiger partial charge < -0.3 is 14.2 Å². The van der Waals surface area contributed by atoms with Gasteiger partial charge in [-0.05, 0) is 94.8 Å². The summed E-state index contributed by atoms with van der Waals surface area (Å²) in [6, 6.07) is 23.2. The molecule has 3 aromatic carbocycles. The summed E-state index contributed by atoms with van der Waals surface area (Å²) in [5, 5.41) is 4.93. The monoisotopic (exact) mass is 676 g/mol. The number of carbonyl (C=O) groups excluding carboxylic acids is 2. The van der Waals surface area contributed by atoms with Gasteiger partial charge in [-0.3, -0.25) is 9.36 Å². The van der Waals surface area contributed by atoms with E-state index in [0.29, 0.717) is 31.9 Å². The highest BCUT2D eigenvalue weighted by atomic mass is 32.1. The maximum Gasteiger partial charge on any atom is 0.338 e. The van der Waals surface area contributed by atoms with E-state index < -0.39 is 18.0 Å². The fourth-order valence-corrected chi connectivity index (χ4v) is 6.67. The number of aromatic nitrogens is 3. The Balaban J connectivity index is 1.52. The molecular formula is C38H36N4O6S. The molecule has 0 saturated carbocycles. The third-order valence-electron chi connectivity index (χ3n) is 7.78. The second-order valence-electron chi connectivity index (χ2n) is 12.1. The van der Waals surface area contributed by atoms with Crippen molar-refractivity contribution in [2.24, 2.45) is 4.99 Å². The minimum absolute atomic E-state index is 0.0377. The summed E-state index contributed by atoms with van der Waals surface area (Å²) in [6.45, 7) is 9.22. The van der Waals surface area contributed by atoms with Crippen molar-refractivity contribution >= 4 is 29.4 Å². The van der Waals surface area contributed by atoms with Crippen LogP contribution in [0, 0.1) is 0 Å². The lowest BCUT2D eigenvalue weighted by Crippen LogP contribution is -2.40. The molecule has 6 rings (SSSR count). The molecule has 0 amide bonds. The van der Waals surface area contributed by atoms with Crippen LogP contribution >= 0.6 is 11.3 Å². The normalized spacial score (nSPS) is 14.5. The molecule has 1 aliphatic rings. The zero-order chi connectivity index (χ0) is 34.8. The Hall–Kier alpha value is -5.55. The lowest BCUT2D eigenvalue weighted by molar-refractivity contribution is -0.143. The Morgan fingerprint density at radius 3 is 2.22 bits per heavy atom. The maximum absolute atomic E-state index is 14.4. The van der Waals surface area contributed by atoms with Gasteiger partial charge in [0.2, 0.25) is 0 Å². The van der Waals surface area contributed by atoms with E-state index in [4.69, 9.17) is 24.3 Å². The molecule has 0 saturated heterocycles. The van der Waals surface area contributed by atoms with Gasteiger partial charge in [0.1, 0.15) is 11.4 Å². The summed E-state index contributed by atoms with van der Waals surface area (Å²) in [5.74, 6) is -0.308. The molecule has 250 valence electrons. The minimum Gasteiger partial charge on any atom is -0.491 e. The Labute approximate surface area is 287 Å². The van der Waals surface area contributed by atoms with Crippen LogP contribution < -0.4 is 19.6 Å². The number of para-hydroxylation sites is 1. The van der Waals surface area contributed by atoms with E-state index in [1.165, 1.54) is 23.0 Å². The fourth-order valence-electron chi connectivity index (χ4n) is 5.63. The average Bonchev–Trinajstić information content (AvgIpc) is 3.64. The Kier molecular flexibility index (Phi) is 9.46. The maximum atomic E-state index is 14.4. The first-order valence-electron chi connectivity index (χ1n) is 15.9. The number of nitrogens with zero attached hydrogens (tertiary/aromatic N) is 4. The summed E-state index contributed by atoms with van der Waals surface area (Å²) in [5.41, 5.74) is 4.45. The van der Waals surface area contributed by atoms with Gasteiger partial charge in [0, 0.05) is 17.3 Å². The number of ether oxygens (including phenoxy) is 3. The summed E-state index contributed by atoms with van der Waals surface area (Å²) in [4.78, 5) is 45.2. The quantitative estimate of drug-likeness (QED) is 0.187. The van der Waals surface area contributed by atoms with Crippen molar-refractivity contribution < 1.29 is 23.8 Å². The van der Waals surface area contributed by atoms with E-state index in [-0.39, 0.29) is 23.3 Å². The number of esters is 2. The van der Waals surface area contributed by atoms with Crippen LogP contribution in [0.1, 0.15) is 62.1 Å². The minimum atomic E-state index is -0.837. The Morgan fingerprint density at radius 1 is 0.898 bits per heavy atom. The molecule has 0 N–H and O–H groups in total. The third kappa shape index (κ3) is 6.88. The van der Waals surface area contributed by atoms with Gasteiger partial charge in [-0.1, -0.05) is 41.7 Å². The van der Waals surface area contributed by atoms with Crippen LogP contribution in [0.2, 0.25) is 0 Å². The number of fused-ring (bicyclic) bond motifs is 1. The predicted molar refractivity (Wildman–Crippen MR) is 188 cm³/mol. The lowest BCUT2D eigenvalue weighted by Gasteiger charge is -2.25. The number of hydrogen-bond acceptors (Lipinski definition) is 9. The van der Waals surface area contributed by atoms with Crippen LogP contribution in [0.15, 0.2) is 106 Å². The highest BCUT2D eigenvalue weighted by Gasteiger charge is 2.34. The van der Waals surface area contributed by atoms with E-state index >= 15 is 0 Å². The van der Waals surface area contributed by atoms with Gasteiger partial charge in [-0.15, -0.1) is 0 Å². The Bertz CT molecular complexity index is 2230. The van der Waals surface area contributed by atoms with Gasteiger partial charge in [0.05, 0.1) is 52.4 Å². The van der Waals surface area contributed by atoms with Gasteiger partial charge in [0.15, 0.2) is 4.80 Å². The van der Waals surface area contributed by atoms with Crippen LogP contribution in [0.25, 0.3) is 23.0 Å². The van der Waals surface area contributed by atoms with Crippen molar-refractivity contribution in [1.29, 1.82) is 0 Å². The SMILES string of the molecule is COC(=O)c1ccc(C2C(C(=O)OC(C)C)=C(C)N=c3sc(=Cc4cn(-c5ccccc5)nc4-c4ccc(OC(C)C)cc4)c(=O)n32)cc1. The molecule has 0 bridgehead atoms. The zero-order valence-corrected chi connectivity index (χ0v) is 28.9. The number of rotatable bonds is 9. The smallest absolute Gasteiger partial charge is 0.338 e. The van der Waals surface area contributed by atoms with Crippen molar-refractivity contribution in [3.63, 3.8) is 0 Å². The van der Waals surface area contributed by atoms with Gasteiger partial charge in [-0.2, -0.15) is 5.10 Å². The molecule has 49 heavy (non-hydrogen) atoms. The second-order valence-corrected chi connectivity index (χ2v) is 13.1. The Morgan fingerprint density at radius 2 is 1.59 bits per heavy atom. The summed E-state index contributed by atoms with van der Waals surface area (Å²) in [7, 11) is 1.31. The second kappa shape index (κ2) is 13.9. The first kappa shape index (κ1) is 33.4. The van der Waals surface area contributed by atoms with E-state index in [1.54, 1.807) is 49.7 Å². The largest absolute Gasteiger partial charge is 0.491 e. The fraction of sp³-hybridized carbons (Fsp3) is 0.237. The third-order valence-corrected chi connectivity index (χ3v) is 8.76. The number of methoxy groups -OCH3 is 1. The van der Waals surface area contributed by atoms with Gasteiger partial charge in [-0.25, -0.2) is 19.3 Å². The molecule has 1 atom stereocenters. The topological polar surface area (TPSA) is 114 Å². The first-order valence-corrected chi connectivity index (χ1v) is 16.7. The summed E-state index contributed by atoms with van der Waals surface area (Å²) < 4.78 is 20.0. The number of hydrogen-bond donors (Lipinski definition) is 0. The van der Waals surface area contributed by atoms with E-state index in [9.17, 15) is 14.4 Å².